The summed E-state index contributed by atoms with van der Waals surface area (Å²) in [6.07, 6.45) is 3.56. The molecule has 138 valence electrons. The van der Waals surface area contributed by atoms with Crippen LogP contribution in [0.15, 0.2) is 42.7 Å². The first-order valence-electron chi connectivity index (χ1n) is 9.14. The van der Waals surface area contributed by atoms with Gasteiger partial charge in [-0.2, -0.15) is 0 Å². The van der Waals surface area contributed by atoms with Gasteiger partial charge in [-0.3, -0.25) is 0 Å². The molecule has 0 amide bonds. The maximum atomic E-state index is 5.60. The van der Waals surface area contributed by atoms with Crippen LogP contribution in [0.25, 0.3) is 0 Å². The lowest BCUT2D eigenvalue weighted by atomic mass is 10.2. The van der Waals surface area contributed by atoms with Crippen molar-refractivity contribution in [3.8, 4) is 0 Å². The molecule has 0 aliphatic carbocycles. The van der Waals surface area contributed by atoms with Crippen LogP contribution in [0, 0.1) is 0 Å². The van der Waals surface area contributed by atoms with Crippen LogP contribution in [0.1, 0.15) is 13.8 Å². The second kappa shape index (κ2) is 8.80. The van der Waals surface area contributed by atoms with Gasteiger partial charge < -0.3 is 20.0 Å². The minimum absolute atomic E-state index is 0.772. The van der Waals surface area contributed by atoms with Crippen LogP contribution in [0.2, 0.25) is 0 Å². The molecule has 0 saturated carbocycles. The molecule has 7 heteroatoms. The molecule has 1 aliphatic heterocycles. The van der Waals surface area contributed by atoms with Crippen molar-refractivity contribution in [2.75, 3.05) is 54.4 Å². The van der Waals surface area contributed by atoms with E-state index in [-0.39, 0.29) is 0 Å². The summed E-state index contributed by atoms with van der Waals surface area (Å²) in [7, 11) is 0. The summed E-state index contributed by atoms with van der Waals surface area (Å²) in [5.41, 5.74) is 2.27. The molecule has 1 N–H and O–H groups in total. The quantitative estimate of drug-likeness (QED) is 0.812. The van der Waals surface area contributed by atoms with Gasteiger partial charge in [0.15, 0.2) is 5.11 Å². The van der Waals surface area contributed by atoms with Gasteiger partial charge in [-0.05, 0) is 56.4 Å². The number of aromatic nitrogens is 2. The largest absolute Gasteiger partial charge is 0.372 e. The van der Waals surface area contributed by atoms with Crippen molar-refractivity contribution >= 4 is 34.7 Å². The molecule has 1 fully saturated rings. The van der Waals surface area contributed by atoms with Crippen molar-refractivity contribution in [3.63, 3.8) is 0 Å². The molecule has 0 atom stereocenters. The molecule has 0 spiro atoms. The highest BCUT2D eigenvalue weighted by Gasteiger charge is 2.20. The zero-order valence-electron chi connectivity index (χ0n) is 15.4. The average molecular weight is 371 g/mol. The predicted molar refractivity (Wildman–Crippen MR) is 112 cm³/mol. The third-order valence-corrected chi connectivity index (χ3v) is 5.01. The number of nitrogens with one attached hydrogen (secondary N) is 1. The Morgan fingerprint density at radius 2 is 1.65 bits per heavy atom. The zero-order chi connectivity index (χ0) is 18.4. The lowest BCUT2D eigenvalue weighted by molar-refractivity contribution is 0.388. The molecule has 1 aliphatic rings. The van der Waals surface area contributed by atoms with Crippen molar-refractivity contribution in [2.24, 2.45) is 0 Å². The molecule has 2 heterocycles. The maximum absolute atomic E-state index is 5.60. The van der Waals surface area contributed by atoms with Crippen molar-refractivity contribution in [1.29, 1.82) is 0 Å². The number of piperazine rings is 1. The van der Waals surface area contributed by atoms with Crippen LogP contribution in [-0.4, -0.2) is 59.2 Å². The standard InChI is InChI=1S/C19H26N6S/c1-3-23(4-2)17-8-6-16(7-9-17)22-19(26)25-14-12-24(13-15-25)18-20-10-5-11-21-18/h5-11H,3-4,12-15H2,1-2H3,(H,22,26). The van der Waals surface area contributed by atoms with E-state index < -0.39 is 0 Å². The first-order valence-corrected chi connectivity index (χ1v) is 9.55. The highest BCUT2D eigenvalue weighted by atomic mass is 32.1. The molecule has 3 rings (SSSR count). The van der Waals surface area contributed by atoms with Gasteiger partial charge in [0.2, 0.25) is 5.95 Å². The number of hydrogen-bond acceptors (Lipinski definition) is 5. The van der Waals surface area contributed by atoms with E-state index in [4.69, 9.17) is 12.2 Å². The fourth-order valence-electron chi connectivity index (χ4n) is 3.11. The van der Waals surface area contributed by atoms with E-state index in [9.17, 15) is 0 Å². The molecule has 1 aromatic heterocycles. The first kappa shape index (κ1) is 18.4. The lowest BCUT2D eigenvalue weighted by Gasteiger charge is -2.36. The van der Waals surface area contributed by atoms with E-state index in [1.54, 1.807) is 12.4 Å². The van der Waals surface area contributed by atoms with Crippen LogP contribution in [-0.2, 0) is 0 Å². The molecule has 0 bridgehead atoms. The molecule has 26 heavy (non-hydrogen) atoms. The summed E-state index contributed by atoms with van der Waals surface area (Å²) in [6, 6.07) is 10.3. The van der Waals surface area contributed by atoms with Crippen LogP contribution >= 0.6 is 12.2 Å². The zero-order valence-corrected chi connectivity index (χ0v) is 16.2. The van der Waals surface area contributed by atoms with Gasteiger partial charge in [-0.15, -0.1) is 0 Å². The van der Waals surface area contributed by atoms with E-state index in [1.807, 2.05) is 6.07 Å². The van der Waals surface area contributed by atoms with Gasteiger partial charge in [0.1, 0.15) is 0 Å². The summed E-state index contributed by atoms with van der Waals surface area (Å²) in [5.74, 6) is 0.790. The molecular weight excluding hydrogens is 344 g/mol. The first-order chi connectivity index (χ1) is 12.7. The molecular formula is C19H26N6S. The summed E-state index contributed by atoms with van der Waals surface area (Å²) < 4.78 is 0. The van der Waals surface area contributed by atoms with Crippen LogP contribution in [0.5, 0.6) is 0 Å². The minimum Gasteiger partial charge on any atom is -0.372 e. The average Bonchev–Trinajstić information content (AvgIpc) is 2.71. The van der Waals surface area contributed by atoms with Gasteiger partial charge in [-0.25, -0.2) is 9.97 Å². The Hall–Kier alpha value is -2.41. The normalized spacial score (nSPS) is 14.2. The number of nitrogens with zero attached hydrogens (tertiary/aromatic N) is 5. The molecule has 1 aromatic carbocycles. The van der Waals surface area contributed by atoms with E-state index >= 15 is 0 Å². The van der Waals surface area contributed by atoms with Crippen LogP contribution < -0.4 is 15.1 Å². The number of rotatable bonds is 5. The third-order valence-electron chi connectivity index (χ3n) is 4.65. The Morgan fingerprint density at radius 3 is 2.23 bits per heavy atom. The van der Waals surface area contributed by atoms with Crippen molar-refractivity contribution < 1.29 is 0 Å². The number of hydrogen-bond donors (Lipinski definition) is 1. The lowest BCUT2D eigenvalue weighted by Crippen LogP contribution is -2.50. The van der Waals surface area contributed by atoms with Crippen molar-refractivity contribution in [1.82, 2.24) is 14.9 Å². The summed E-state index contributed by atoms with van der Waals surface area (Å²) in [4.78, 5) is 15.4. The number of anilines is 3. The predicted octanol–water partition coefficient (Wildman–Crippen LogP) is 2.84. The highest BCUT2D eigenvalue weighted by Crippen LogP contribution is 2.18. The summed E-state index contributed by atoms with van der Waals surface area (Å²) in [5, 5.41) is 4.13. The monoisotopic (exact) mass is 370 g/mol. The third kappa shape index (κ3) is 4.40. The second-order valence-corrected chi connectivity index (χ2v) is 6.56. The summed E-state index contributed by atoms with van der Waals surface area (Å²) >= 11 is 5.60. The number of thiocarbonyl (C=S) groups is 1. The Bertz CT molecular complexity index is 694. The fraction of sp³-hybridized carbons (Fsp3) is 0.421. The van der Waals surface area contributed by atoms with Crippen molar-refractivity contribution in [3.05, 3.63) is 42.7 Å². The second-order valence-electron chi connectivity index (χ2n) is 6.17. The SMILES string of the molecule is CCN(CC)c1ccc(NC(=S)N2CCN(c3ncccn3)CC2)cc1. The van der Waals surface area contributed by atoms with Gasteiger partial charge in [0.25, 0.3) is 0 Å². The Balaban J connectivity index is 1.53. The van der Waals surface area contributed by atoms with E-state index in [1.165, 1.54) is 5.69 Å². The topological polar surface area (TPSA) is 47.5 Å². The molecule has 0 unspecified atom stereocenters. The van der Waals surface area contributed by atoms with Crippen LogP contribution in [0.4, 0.5) is 17.3 Å². The fourth-order valence-corrected chi connectivity index (χ4v) is 3.41. The Labute approximate surface area is 160 Å². The van der Waals surface area contributed by atoms with Gasteiger partial charge in [0, 0.05) is 63.0 Å². The molecule has 2 aromatic rings. The Kier molecular flexibility index (Phi) is 6.22. The van der Waals surface area contributed by atoms with Crippen LogP contribution in [0.3, 0.4) is 0 Å². The maximum Gasteiger partial charge on any atom is 0.225 e. The van der Waals surface area contributed by atoms with E-state index in [0.29, 0.717) is 0 Å². The van der Waals surface area contributed by atoms with Gasteiger partial charge in [0.05, 0.1) is 0 Å². The van der Waals surface area contributed by atoms with Gasteiger partial charge >= 0.3 is 0 Å². The number of benzene rings is 1. The minimum atomic E-state index is 0.772. The molecule has 1 saturated heterocycles. The summed E-state index contributed by atoms with van der Waals surface area (Å²) in [6.45, 7) is 9.83. The highest BCUT2D eigenvalue weighted by molar-refractivity contribution is 7.80. The van der Waals surface area contributed by atoms with E-state index in [2.05, 4.69) is 68.1 Å². The smallest absolute Gasteiger partial charge is 0.225 e. The Morgan fingerprint density at radius 1 is 1.04 bits per heavy atom. The van der Waals surface area contributed by atoms with Gasteiger partial charge in [-0.1, -0.05) is 0 Å². The molecule has 0 radical (unpaired) electrons. The van der Waals surface area contributed by atoms with Crippen molar-refractivity contribution in [2.45, 2.75) is 13.8 Å². The van der Waals surface area contributed by atoms with E-state index in [0.717, 1.165) is 56.0 Å². The molecule has 6 nitrogen and oxygen atoms in total.